The van der Waals surface area contributed by atoms with Crippen LogP contribution in [0.2, 0.25) is 0 Å². The summed E-state index contributed by atoms with van der Waals surface area (Å²) in [5.74, 6) is 1.63. The molecule has 1 N–H and O–H groups in total. The van der Waals surface area contributed by atoms with Crippen LogP contribution in [-0.4, -0.2) is 24.3 Å². The normalized spacial score (nSPS) is 11.7. The zero-order valence-corrected chi connectivity index (χ0v) is 16.6. The molecular weight excluding hydrogens is 410 g/mol. The number of aromatic nitrogens is 1. The lowest BCUT2D eigenvalue weighted by Gasteiger charge is -2.18. The number of nitrogens with zero attached hydrogens (tertiary/aromatic N) is 1. The van der Waals surface area contributed by atoms with Crippen molar-refractivity contribution in [3.63, 3.8) is 0 Å². The van der Waals surface area contributed by atoms with Crippen molar-refractivity contribution in [3.05, 3.63) is 82.0 Å². The minimum atomic E-state index is -0.938. The molecular formula is C21H20BrNO4. The molecule has 0 amide bonds. The van der Waals surface area contributed by atoms with E-state index >= 15 is 0 Å². The van der Waals surface area contributed by atoms with E-state index in [-0.39, 0.29) is 0 Å². The van der Waals surface area contributed by atoms with E-state index in [1.165, 1.54) is 7.11 Å². The van der Waals surface area contributed by atoms with E-state index < -0.39 is 6.10 Å². The molecule has 0 fully saturated rings. The Morgan fingerprint density at radius 3 is 2.48 bits per heavy atom. The Morgan fingerprint density at radius 1 is 1.00 bits per heavy atom. The molecule has 0 aliphatic rings. The van der Waals surface area contributed by atoms with E-state index in [0.29, 0.717) is 39.6 Å². The van der Waals surface area contributed by atoms with Gasteiger partial charge in [-0.1, -0.05) is 30.3 Å². The number of hydrogen-bond donors (Lipinski definition) is 1. The summed E-state index contributed by atoms with van der Waals surface area (Å²) in [6, 6.07) is 17.0. The Morgan fingerprint density at radius 2 is 1.78 bits per heavy atom. The summed E-state index contributed by atoms with van der Waals surface area (Å²) in [6.45, 7) is 0.440. The minimum absolute atomic E-state index is 0.419. The number of ether oxygens (including phenoxy) is 3. The van der Waals surface area contributed by atoms with Crippen LogP contribution in [0.4, 0.5) is 0 Å². The van der Waals surface area contributed by atoms with Gasteiger partial charge < -0.3 is 19.3 Å². The van der Waals surface area contributed by atoms with Crippen molar-refractivity contribution in [1.29, 1.82) is 0 Å². The highest BCUT2D eigenvalue weighted by Gasteiger charge is 2.20. The summed E-state index contributed by atoms with van der Waals surface area (Å²) < 4.78 is 17.1. The molecule has 0 aliphatic carbocycles. The Labute approximate surface area is 166 Å². The lowest BCUT2D eigenvalue weighted by molar-refractivity contribution is 0.212. The van der Waals surface area contributed by atoms with Gasteiger partial charge in [0.1, 0.15) is 24.2 Å². The summed E-state index contributed by atoms with van der Waals surface area (Å²) in [5, 5.41) is 11.0. The number of halogens is 1. The average molecular weight is 430 g/mol. The second-order valence-corrected chi connectivity index (χ2v) is 6.68. The average Bonchev–Trinajstić information content (AvgIpc) is 2.72. The predicted octanol–water partition coefficient (Wildman–Crippen LogP) is 4.52. The molecule has 0 saturated heterocycles. The van der Waals surface area contributed by atoms with Gasteiger partial charge in [0.15, 0.2) is 0 Å². The molecule has 3 rings (SSSR count). The fourth-order valence-electron chi connectivity index (χ4n) is 2.68. The van der Waals surface area contributed by atoms with Gasteiger partial charge in [-0.15, -0.1) is 0 Å². The second-order valence-electron chi connectivity index (χ2n) is 5.83. The van der Waals surface area contributed by atoms with Gasteiger partial charge in [-0.3, -0.25) is 0 Å². The van der Waals surface area contributed by atoms with E-state index in [1.807, 2.05) is 36.4 Å². The van der Waals surface area contributed by atoms with Gasteiger partial charge in [-0.25, -0.2) is 4.98 Å². The van der Waals surface area contributed by atoms with Crippen molar-refractivity contribution in [2.24, 2.45) is 0 Å². The molecule has 3 aromatic rings. The summed E-state index contributed by atoms with van der Waals surface area (Å²) in [4.78, 5) is 4.12. The predicted molar refractivity (Wildman–Crippen MR) is 106 cm³/mol. The summed E-state index contributed by atoms with van der Waals surface area (Å²) >= 11 is 3.43. The highest BCUT2D eigenvalue weighted by atomic mass is 79.9. The maximum absolute atomic E-state index is 11.0. The molecule has 2 aromatic carbocycles. The standard InChI is InChI=1S/C21H20BrNO4/c1-25-19-9-8-15(27-13-14-6-4-3-5-7-14)10-17(19)21(24)16-11-20(26-2)23-12-18(16)22/h3-12,21,24H,13H2,1-2H3. The monoisotopic (exact) mass is 429 g/mol. The molecule has 1 aromatic heterocycles. The zero-order valence-electron chi connectivity index (χ0n) is 15.1. The highest BCUT2D eigenvalue weighted by Crippen LogP contribution is 2.36. The van der Waals surface area contributed by atoms with Crippen molar-refractivity contribution < 1.29 is 19.3 Å². The molecule has 0 bridgehead atoms. The SMILES string of the molecule is COc1cc(C(O)c2cc(OCc3ccccc3)ccc2OC)c(Br)cn1. The first-order valence-electron chi connectivity index (χ1n) is 8.34. The third kappa shape index (κ3) is 4.59. The molecule has 1 unspecified atom stereocenters. The fraction of sp³-hybridized carbons (Fsp3) is 0.190. The summed E-state index contributed by atoms with van der Waals surface area (Å²) in [5.41, 5.74) is 2.29. The van der Waals surface area contributed by atoms with Crippen molar-refractivity contribution in [2.45, 2.75) is 12.7 Å². The fourth-order valence-corrected chi connectivity index (χ4v) is 3.11. The van der Waals surface area contributed by atoms with Crippen LogP contribution < -0.4 is 14.2 Å². The van der Waals surface area contributed by atoms with E-state index in [4.69, 9.17) is 14.2 Å². The first-order valence-corrected chi connectivity index (χ1v) is 9.14. The number of benzene rings is 2. The van der Waals surface area contributed by atoms with Gasteiger partial charge in [0.25, 0.3) is 0 Å². The first-order chi connectivity index (χ1) is 13.1. The Bertz CT molecular complexity index is 902. The number of pyridine rings is 1. The molecule has 0 radical (unpaired) electrons. The molecule has 0 saturated carbocycles. The van der Waals surface area contributed by atoms with Crippen LogP contribution in [-0.2, 0) is 6.61 Å². The van der Waals surface area contributed by atoms with Crippen molar-refractivity contribution in [1.82, 2.24) is 4.98 Å². The third-order valence-electron chi connectivity index (χ3n) is 4.11. The topological polar surface area (TPSA) is 60.8 Å². The molecule has 27 heavy (non-hydrogen) atoms. The van der Waals surface area contributed by atoms with Gasteiger partial charge in [-0.05, 0) is 39.7 Å². The van der Waals surface area contributed by atoms with Crippen molar-refractivity contribution in [3.8, 4) is 17.4 Å². The largest absolute Gasteiger partial charge is 0.496 e. The number of methoxy groups -OCH3 is 2. The third-order valence-corrected chi connectivity index (χ3v) is 4.77. The summed E-state index contributed by atoms with van der Waals surface area (Å²) in [7, 11) is 3.10. The molecule has 6 heteroatoms. The van der Waals surface area contributed by atoms with Gasteiger partial charge >= 0.3 is 0 Å². The molecule has 1 heterocycles. The van der Waals surface area contributed by atoms with E-state index in [0.717, 1.165) is 5.56 Å². The van der Waals surface area contributed by atoms with E-state index in [9.17, 15) is 5.11 Å². The lowest BCUT2D eigenvalue weighted by atomic mass is 10.0. The smallest absolute Gasteiger partial charge is 0.213 e. The van der Waals surface area contributed by atoms with Crippen LogP contribution in [0.15, 0.2) is 65.3 Å². The molecule has 1 atom stereocenters. The maximum atomic E-state index is 11.0. The minimum Gasteiger partial charge on any atom is -0.496 e. The lowest BCUT2D eigenvalue weighted by Crippen LogP contribution is -2.05. The number of aliphatic hydroxyl groups excluding tert-OH is 1. The van der Waals surface area contributed by atoms with Gasteiger partial charge in [0.05, 0.1) is 14.2 Å². The van der Waals surface area contributed by atoms with E-state index in [1.54, 1.807) is 31.5 Å². The number of rotatable bonds is 7. The van der Waals surface area contributed by atoms with Crippen LogP contribution in [0.1, 0.15) is 22.8 Å². The molecule has 140 valence electrons. The Balaban J connectivity index is 1.89. The molecule has 0 aliphatic heterocycles. The van der Waals surface area contributed by atoms with Crippen molar-refractivity contribution >= 4 is 15.9 Å². The first kappa shape index (κ1) is 19.2. The number of hydrogen-bond acceptors (Lipinski definition) is 5. The highest BCUT2D eigenvalue weighted by molar-refractivity contribution is 9.10. The summed E-state index contributed by atoms with van der Waals surface area (Å²) in [6.07, 6.45) is 0.658. The van der Waals surface area contributed by atoms with Crippen LogP contribution in [0, 0.1) is 0 Å². The maximum Gasteiger partial charge on any atom is 0.213 e. The Kier molecular flexibility index (Phi) is 6.32. The van der Waals surface area contributed by atoms with E-state index in [2.05, 4.69) is 20.9 Å². The molecule has 0 spiro atoms. The van der Waals surface area contributed by atoms with Gasteiger partial charge in [0.2, 0.25) is 5.88 Å². The zero-order chi connectivity index (χ0) is 19.2. The van der Waals surface area contributed by atoms with Crippen molar-refractivity contribution in [2.75, 3.05) is 14.2 Å². The quantitative estimate of drug-likeness (QED) is 0.597. The van der Waals surface area contributed by atoms with Gasteiger partial charge in [0, 0.05) is 27.9 Å². The van der Waals surface area contributed by atoms with Gasteiger partial charge in [-0.2, -0.15) is 0 Å². The van der Waals surface area contributed by atoms with Crippen LogP contribution in [0.3, 0.4) is 0 Å². The van der Waals surface area contributed by atoms with Crippen LogP contribution >= 0.6 is 15.9 Å². The second kappa shape index (κ2) is 8.88. The van der Waals surface area contributed by atoms with Crippen LogP contribution in [0.5, 0.6) is 17.4 Å². The molecule has 5 nitrogen and oxygen atoms in total. The number of aliphatic hydroxyl groups is 1. The Hall–Kier alpha value is -2.57. The van der Waals surface area contributed by atoms with Crippen LogP contribution in [0.25, 0.3) is 0 Å².